The second kappa shape index (κ2) is 8.11. The molecule has 0 aliphatic heterocycles. The van der Waals surface area contributed by atoms with E-state index in [1.54, 1.807) is 6.07 Å². The molecule has 0 bridgehead atoms. The minimum Gasteiger partial charge on any atom is -0.497 e. The number of hydrogen-bond donors (Lipinski definition) is 2. The van der Waals surface area contributed by atoms with Crippen molar-refractivity contribution in [2.24, 2.45) is 0 Å². The SMILES string of the molecule is COCCNC(=O)[C@@H](C)Oc1ccc(OC)cc1C(=O)O. The summed E-state index contributed by atoms with van der Waals surface area (Å²) in [5, 5.41) is 11.8. The molecule has 7 heteroatoms. The van der Waals surface area contributed by atoms with E-state index >= 15 is 0 Å². The summed E-state index contributed by atoms with van der Waals surface area (Å²) >= 11 is 0. The van der Waals surface area contributed by atoms with E-state index in [9.17, 15) is 9.59 Å². The molecule has 116 valence electrons. The van der Waals surface area contributed by atoms with E-state index in [0.29, 0.717) is 18.9 Å². The molecule has 1 aromatic carbocycles. The third-order valence-electron chi connectivity index (χ3n) is 2.70. The van der Waals surface area contributed by atoms with Crippen molar-refractivity contribution < 1.29 is 28.9 Å². The zero-order valence-electron chi connectivity index (χ0n) is 12.2. The summed E-state index contributed by atoms with van der Waals surface area (Å²) in [6, 6.07) is 4.37. The number of nitrogens with one attached hydrogen (secondary N) is 1. The highest BCUT2D eigenvalue weighted by Gasteiger charge is 2.19. The van der Waals surface area contributed by atoms with Crippen molar-refractivity contribution in [3.8, 4) is 11.5 Å². The van der Waals surface area contributed by atoms with Crippen LogP contribution in [0, 0.1) is 0 Å². The highest BCUT2D eigenvalue weighted by Crippen LogP contribution is 2.25. The highest BCUT2D eigenvalue weighted by atomic mass is 16.5. The number of rotatable bonds is 8. The van der Waals surface area contributed by atoms with Gasteiger partial charge in [0.25, 0.3) is 5.91 Å². The van der Waals surface area contributed by atoms with Crippen molar-refractivity contribution in [3.63, 3.8) is 0 Å². The Bertz CT molecular complexity index is 502. The van der Waals surface area contributed by atoms with E-state index in [-0.39, 0.29) is 17.2 Å². The third kappa shape index (κ3) is 4.96. The summed E-state index contributed by atoms with van der Waals surface area (Å²) in [5.41, 5.74) is -0.0640. The fourth-order valence-corrected chi connectivity index (χ4v) is 1.57. The van der Waals surface area contributed by atoms with Crippen LogP contribution < -0.4 is 14.8 Å². The van der Waals surface area contributed by atoms with Crippen molar-refractivity contribution in [1.29, 1.82) is 0 Å². The standard InChI is InChI=1S/C14H19NO6/c1-9(13(16)15-6-7-19-2)21-12-5-4-10(20-3)8-11(12)14(17)18/h4-5,8-9H,6-7H2,1-3H3,(H,15,16)(H,17,18)/t9-/m1/s1. The van der Waals surface area contributed by atoms with Crippen molar-refractivity contribution in [2.45, 2.75) is 13.0 Å². The number of benzene rings is 1. The van der Waals surface area contributed by atoms with Gasteiger partial charge in [0.15, 0.2) is 6.10 Å². The van der Waals surface area contributed by atoms with Crippen LogP contribution >= 0.6 is 0 Å². The first-order valence-corrected chi connectivity index (χ1v) is 6.34. The molecule has 0 spiro atoms. The summed E-state index contributed by atoms with van der Waals surface area (Å²) in [6.07, 6.45) is -0.826. The van der Waals surface area contributed by atoms with Crippen molar-refractivity contribution >= 4 is 11.9 Å². The van der Waals surface area contributed by atoms with Crippen LogP contribution in [0.4, 0.5) is 0 Å². The predicted molar refractivity (Wildman–Crippen MR) is 74.9 cm³/mol. The van der Waals surface area contributed by atoms with Gasteiger partial charge in [0, 0.05) is 13.7 Å². The Morgan fingerprint density at radius 2 is 2.05 bits per heavy atom. The van der Waals surface area contributed by atoms with E-state index in [4.69, 9.17) is 19.3 Å². The fraction of sp³-hybridized carbons (Fsp3) is 0.429. The second-order valence-corrected chi connectivity index (χ2v) is 4.21. The van der Waals surface area contributed by atoms with Gasteiger partial charge in [0.05, 0.1) is 13.7 Å². The third-order valence-corrected chi connectivity index (χ3v) is 2.70. The van der Waals surface area contributed by atoms with Crippen LogP contribution in [0.25, 0.3) is 0 Å². The molecule has 1 atom stereocenters. The van der Waals surface area contributed by atoms with Crippen LogP contribution in [0.2, 0.25) is 0 Å². The molecule has 0 heterocycles. The van der Waals surface area contributed by atoms with Crippen LogP contribution in [0.1, 0.15) is 17.3 Å². The number of methoxy groups -OCH3 is 2. The minimum atomic E-state index is -1.16. The van der Waals surface area contributed by atoms with E-state index in [1.165, 1.54) is 33.3 Å². The monoisotopic (exact) mass is 297 g/mol. The maximum absolute atomic E-state index is 11.8. The Morgan fingerprint density at radius 3 is 2.62 bits per heavy atom. The molecule has 21 heavy (non-hydrogen) atoms. The van der Waals surface area contributed by atoms with Gasteiger partial charge in [-0.3, -0.25) is 4.79 Å². The molecule has 0 aromatic heterocycles. The summed E-state index contributed by atoms with van der Waals surface area (Å²) in [7, 11) is 2.97. The molecule has 0 fully saturated rings. The normalized spacial score (nSPS) is 11.6. The van der Waals surface area contributed by atoms with Crippen molar-refractivity contribution in [2.75, 3.05) is 27.4 Å². The summed E-state index contributed by atoms with van der Waals surface area (Å²) < 4.78 is 15.2. The molecule has 1 rings (SSSR count). The van der Waals surface area contributed by atoms with E-state index in [0.717, 1.165) is 0 Å². The second-order valence-electron chi connectivity index (χ2n) is 4.21. The molecule has 1 amide bonds. The number of amides is 1. The largest absolute Gasteiger partial charge is 0.497 e. The average Bonchev–Trinajstić information content (AvgIpc) is 2.47. The van der Waals surface area contributed by atoms with E-state index in [2.05, 4.69) is 5.32 Å². The summed E-state index contributed by atoms with van der Waals surface area (Å²) in [6.45, 7) is 2.29. The van der Waals surface area contributed by atoms with Gasteiger partial charge in [-0.25, -0.2) is 4.79 Å². The first kappa shape index (κ1) is 16.8. The maximum atomic E-state index is 11.8. The molecule has 0 aliphatic carbocycles. The zero-order valence-corrected chi connectivity index (χ0v) is 12.2. The molecular weight excluding hydrogens is 278 g/mol. The summed E-state index contributed by atoms with van der Waals surface area (Å²) in [5.74, 6) is -0.996. The first-order valence-electron chi connectivity index (χ1n) is 6.34. The Morgan fingerprint density at radius 1 is 1.33 bits per heavy atom. The maximum Gasteiger partial charge on any atom is 0.339 e. The molecule has 0 saturated carbocycles. The molecule has 0 radical (unpaired) electrons. The van der Waals surface area contributed by atoms with Crippen LogP contribution in [0.15, 0.2) is 18.2 Å². The number of carbonyl (C=O) groups is 2. The number of hydrogen-bond acceptors (Lipinski definition) is 5. The first-order chi connectivity index (χ1) is 9.99. The molecule has 1 aromatic rings. The van der Waals surface area contributed by atoms with Crippen LogP contribution in [0.5, 0.6) is 11.5 Å². The van der Waals surface area contributed by atoms with Crippen LogP contribution in [0.3, 0.4) is 0 Å². The van der Waals surface area contributed by atoms with Gasteiger partial charge in [0.2, 0.25) is 0 Å². The lowest BCUT2D eigenvalue weighted by Crippen LogP contribution is -2.38. The van der Waals surface area contributed by atoms with Gasteiger partial charge < -0.3 is 24.6 Å². The van der Waals surface area contributed by atoms with E-state index < -0.39 is 12.1 Å². The van der Waals surface area contributed by atoms with Gasteiger partial charge in [-0.05, 0) is 25.1 Å². The van der Waals surface area contributed by atoms with Gasteiger partial charge in [-0.2, -0.15) is 0 Å². The van der Waals surface area contributed by atoms with Crippen LogP contribution in [-0.2, 0) is 9.53 Å². The molecule has 0 aliphatic rings. The quantitative estimate of drug-likeness (QED) is 0.693. The molecule has 0 unspecified atom stereocenters. The zero-order chi connectivity index (χ0) is 15.8. The van der Waals surface area contributed by atoms with E-state index in [1.807, 2.05) is 0 Å². The molecule has 0 saturated heterocycles. The topological polar surface area (TPSA) is 94.1 Å². The van der Waals surface area contributed by atoms with Crippen molar-refractivity contribution in [1.82, 2.24) is 5.32 Å². The molecular formula is C14H19NO6. The minimum absolute atomic E-state index is 0.0640. The Hall–Kier alpha value is -2.28. The van der Waals surface area contributed by atoms with Gasteiger partial charge >= 0.3 is 5.97 Å². The fourth-order valence-electron chi connectivity index (χ4n) is 1.57. The number of carboxylic acids is 1. The van der Waals surface area contributed by atoms with Crippen molar-refractivity contribution in [3.05, 3.63) is 23.8 Å². The number of carboxylic acid groups (broad SMARTS) is 1. The van der Waals surface area contributed by atoms with Crippen LogP contribution in [-0.4, -0.2) is 50.5 Å². The molecule has 7 nitrogen and oxygen atoms in total. The highest BCUT2D eigenvalue weighted by molar-refractivity contribution is 5.91. The van der Waals surface area contributed by atoms with Gasteiger partial charge in [-0.1, -0.05) is 0 Å². The van der Waals surface area contributed by atoms with Gasteiger partial charge in [-0.15, -0.1) is 0 Å². The average molecular weight is 297 g/mol. The lowest BCUT2D eigenvalue weighted by molar-refractivity contribution is -0.127. The number of carbonyl (C=O) groups excluding carboxylic acids is 1. The Balaban J connectivity index is 2.77. The predicted octanol–water partition coefficient (Wildman–Crippen LogP) is 0.923. The smallest absolute Gasteiger partial charge is 0.339 e. The lowest BCUT2D eigenvalue weighted by Gasteiger charge is -2.16. The molecule has 2 N–H and O–H groups in total. The summed E-state index contributed by atoms with van der Waals surface area (Å²) in [4.78, 5) is 23.0. The number of aromatic carboxylic acids is 1. The Kier molecular flexibility index (Phi) is 6.48. The number of ether oxygens (including phenoxy) is 3. The Labute approximate surface area is 122 Å². The lowest BCUT2D eigenvalue weighted by atomic mass is 10.2. The van der Waals surface area contributed by atoms with Gasteiger partial charge in [0.1, 0.15) is 17.1 Å².